The predicted octanol–water partition coefficient (Wildman–Crippen LogP) is 2.25. The zero-order chi connectivity index (χ0) is 21.6. The number of aryl methyl sites for hydroxylation is 1. The summed E-state index contributed by atoms with van der Waals surface area (Å²) in [6, 6.07) is -2.15. The van der Waals surface area contributed by atoms with Crippen LogP contribution in [0, 0.1) is 12.7 Å². The van der Waals surface area contributed by atoms with Gasteiger partial charge < -0.3 is 19.1 Å². The fraction of sp³-hybridized carbons (Fsp3) is 0.611. The van der Waals surface area contributed by atoms with Gasteiger partial charge in [0.25, 0.3) is 5.56 Å². The van der Waals surface area contributed by atoms with Gasteiger partial charge in [-0.15, -0.1) is 0 Å². The molecule has 0 unspecified atom stereocenters. The maximum atomic E-state index is 14.9. The number of hydrogen-bond acceptors (Lipinski definition) is 7. The number of aromatic nitrogens is 3. The molecular weight excluding hydrogens is 410 g/mol. The Labute approximate surface area is 169 Å². The van der Waals surface area contributed by atoms with Crippen LogP contribution in [-0.2, 0) is 17.8 Å². The van der Waals surface area contributed by atoms with Gasteiger partial charge in [-0.25, -0.2) is 0 Å². The third-order valence-corrected chi connectivity index (χ3v) is 5.54. The smallest absolute Gasteiger partial charge is 0.377 e. The molecule has 164 valence electrons. The van der Waals surface area contributed by atoms with E-state index in [1.54, 1.807) is 18.7 Å². The highest BCUT2D eigenvalue weighted by Crippen LogP contribution is 2.36. The Kier molecular flexibility index (Phi) is 5.20. The summed E-state index contributed by atoms with van der Waals surface area (Å²) in [5, 5.41) is 3.70. The zero-order valence-corrected chi connectivity index (χ0v) is 16.4. The van der Waals surface area contributed by atoms with Gasteiger partial charge in [-0.1, -0.05) is 5.16 Å². The summed E-state index contributed by atoms with van der Waals surface area (Å²) in [5.74, 6) is -1.54. The number of ether oxygens (including phenoxy) is 1. The van der Waals surface area contributed by atoms with Crippen LogP contribution in [0.4, 0.5) is 29.3 Å². The minimum atomic E-state index is -4.56. The first-order valence-corrected chi connectivity index (χ1v) is 9.56. The Balaban J connectivity index is 1.84. The van der Waals surface area contributed by atoms with Crippen LogP contribution in [0.3, 0.4) is 0 Å². The Morgan fingerprint density at radius 2 is 2.07 bits per heavy atom. The summed E-state index contributed by atoms with van der Waals surface area (Å²) in [4.78, 5) is 19.5. The third kappa shape index (κ3) is 3.53. The molecule has 1 saturated heterocycles. The molecule has 0 aliphatic carbocycles. The van der Waals surface area contributed by atoms with Gasteiger partial charge in [0, 0.05) is 18.7 Å². The van der Waals surface area contributed by atoms with Crippen LogP contribution in [0.2, 0.25) is 0 Å². The largest absolute Gasteiger partial charge is 0.408 e. The van der Waals surface area contributed by atoms with Crippen LogP contribution < -0.4 is 15.4 Å². The molecule has 0 N–H and O–H groups in total. The monoisotopic (exact) mass is 431 g/mol. The molecule has 8 nitrogen and oxygen atoms in total. The summed E-state index contributed by atoms with van der Waals surface area (Å²) in [6.07, 6.45) is -3.70. The standard InChI is InChI=1S/C18H21F4N5O3/c1-10-8-29-6-5-25(10)15-14(19)16(28)26-4-3-13(18(20,21)22)27(17(26)23-15)7-12-9-30-24-11(12)2/h9-10,13H,3-8H2,1-2H3/t10-,13+/m1/s1. The molecule has 4 heterocycles. The number of nitrogens with zero attached hydrogens (tertiary/aromatic N) is 5. The average molecular weight is 431 g/mol. The Morgan fingerprint density at radius 1 is 1.30 bits per heavy atom. The number of fused-ring (bicyclic) bond motifs is 1. The summed E-state index contributed by atoms with van der Waals surface area (Å²) in [6.45, 7) is 3.76. The maximum absolute atomic E-state index is 14.9. The summed E-state index contributed by atoms with van der Waals surface area (Å²) in [7, 11) is 0. The number of halogens is 4. The van der Waals surface area contributed by atoms with Crippen molar-refractivity contribution < 1.29 is 26.8 Å². The molecule has 0 saturated carbocycles. The van der Waals surface area contributed by atoms with E-state index in [1.807, 2.05) is 0 Å². The van der Waals surface area contributed by atoms with E-state index in [0.717, 1.165) is 9.47 Å². The lowest BCUT2D eigenvalue weighted by atomic mass is 10.1. The van der Waals surface area contributed by atoms with Crippen LogP contribution in [0.5, 0.6) is 0 Å². The van der Waals surface area contributed by atoms with Crippen molar-refractivity contribution in [2.24, 2.45) is 0 Å². The van der Waals surface area contributed by atoms with Gasteiger partial charge in [-0.05, 0) is 20.3 Å². The number of hydrogen-bond donors (Lipinski definition) is 0. The zero-order valence-electron chi connectivity index (χ0n) is 16.4. The highest BCUT2D eigenvalue weighted by molar-refractivity contribution is 5.49. The van der Waals surface area contributed by atoms with E-state index in [-0.39, 0.29) is 37.4 Å². The van der Waals surface area contributed by atoms with Crippen molar-refractivity contribution in [3.63, 3.8) is 0 Å². The summed E-state index contributed by atoms with van der Waals surface area (Å²) >= 11 is 0. The molecule has 0 amide bonds. The molecule has 1 fully saturated rings. The first-order chi connectivity index (χ1) is 14.2. The normalized spacial score (nSPS) is 22.3. The Hall–Kier alpha value is -2.63. The van der Waals surface area contributed by atoms with Crippen molar-refractivity contribution in [3.8, 4) is 0 Å². The van der Waals surface area contributed by atoms with Crippen LogP contribution in [0.15, 0.2) is 15.6 Å². The van der Waals surface area contributed by atoms with Crippen molar-refractivity contribution >= 4 is 11.8 Å². The molecule has 30 heavy (non-hydrogen) atoms. The van der Waals surface area contributed by atoms with Gasteiger partial charge in [0.05, 0.1) is 31.5 Å². The first-order valence-electron chi connectivity index (χ1n) is 9.56. The molecule has 4 rings (SSSR count). The molecule has 2 aromatic rings. The molecule has 0 radical (unpaired) electrons. The fourth-order valence-corrected chi connectivity index (χ4v) is 3.88. The minimum Gasteiger partial charge on any atom is -0.377 e. The van der Waals surface area contributed by atoms with Crippen LogP contribution in [-0.4, -0.2) is 52.7 Å². The molecule has 12 heteroatoms. The van der Waals surface area contributed by atoms with Crippen LogP contribution >= 0.6 is 0 Å². The lowest BCUT2D eigenvalue weighted by Gasteiger charge is -2.40. The number of morpholine rings is 1. The highest BCUT2D eigenvalue weighted by atomic mass is 19.4. The second kappa shape index (κ2) is 7.56. The molecular formula is C18H21F4N5O3. The van der Waals surface area contributed by atoms with Crippen molar-refractivity contribution in [3.05, 3.63) is 33.7 Å². The van der Waals surface area contributed by atoms with Gasteiger partial charge in [-0.2, -0.15) is 22.5 Å². The van der Waals surface area contributed by atoms with E-state index < -0.39 is 30.0 Å². The van der Waals surface area contributed by atoms with E-state index in [4.69, 9.17) is 9.26 Å². The van der Waals surface area contributed by atoms with Crippen molar-refractivity contribution in [1.29, 1.82) is 0 Å². The van der Waals surface area contributed by atoms with Gasteiger partial charge in [0.15, 0.2) is 5.82 Å². The van der Waals surface area contributed by atoms with Crippen molar-refractivity contribution in [1.82, 2.24) is 14.7 Å². The average Bonchev–Trinajstić information content (AvgIpc) is 3.09. The molecule has 2 aliphatic rings. The fourth-order valence-electron chi connectivity index (χ4n) is 3.88. The Bertz CT molecular complexity index is 989. The maximum Gasteiger partial charge on any atom is 0.408 e. The molecule has 0 aromatic carbocycles. The number of alkyl halides is 3. The van der Waals surface area contributed by atoms with E-state index >= 15 is 0 Å². The lowest BCUT2D eigenvalue weighted by Crippen LogP contribution is -2.53. The SMILES string of the molecule is Cc1nocc1CN1c2nc(N3CCOC[C@H]3C)c(F)c(=O)n2CC[C@H]1C(F)(F)F. The second-order valence-corrected chi connectivity index (χ2v) is 7.52. The predicted molar refractivity (Wildman–Crippen MR) is 98.0 cm³/mol. The number of anilines is 2. The summed E-state index contributed by atoms with van der Waals surface area (Å²) < 4.78 is 67.5. The number of rotatable bonds is 3. The van der Waals surface area contributed by atoms with Crippen molar-refractivity contribution in [2.45, 2.75) is 51.6 Å². The van der Waals surface area contributed by atoms with E-state index in [2.05, 4.69) is 10.1 Å². The van der Waals surface area contributed by atoms with Crippen LogP contribution in [0.1, 0.15) is 24.6 Å². The third-order valence-electron chi connectivity index (χ3n) is 5.54. The van der Waals surface area contributed by atoms with Crippen LogP contribution in [0.25, 0.3) is 0 Å². The lowest BCUT2D eigenvalue weighted by molar-refractivity contribution is -0.153. The van der Waals surface area contributed by atoms with Gasteiger partial charge in [-0.3, -0.25) is 9.36 Å². The van der Waals surface area contributed by atoms with E-state index in [0.29, 0.717) is 24.5 Å². The second-order valence-electron chi connectivity index (χ2n) is 7.52. The van der Waals surface area contributed by atoms with Crippen molar-refractivity contribution in [2.75, 3.05) is 29.6 Å². The van der Waals surface area contributed by atoms with Gasteiger partial charge in [0.2, 0.25) is 11.8 Å². The topological polar surface area (TPSA) is 76.6 Å². The molecule has 2 aromatic heterocycles. The molecule has 0 spiro atoms. The van der Waals surface area contributed by atoms with Gasteiger partial charge in [0.1, 0.15) is 12.3 Å². The molecule has 0 bridgehead atoms. The Morgan fingerprint density at radius 3 is 2.70 bits per heavy atom. The molecule has 2 aliphatic heterocycles. The van der Waals surface area contributed by atoms with E-state index in [1.165, 1.54) is 6.26 Å². The minimum absolute atomic E-state index is 0.218. The highest BCUT2D eigenvalue weighted by Gasteiger charge is 2.47. The quantitative estimate of drug-likeness (QED) is 0.690. The molecule has 2 atom stereocenters. The summed E-state index contributed by atoms with van der Waals surface area (Å²) in [5.41, 5.74) is -0.126. The first kappa shape index (κ1) is 20.6. The van der Waals surface area contributed by atoms with Gasteiger partial charge >= 0.3 is 6.18 Å². The van der Waals surface area contributed by atoms with E-state index in [9.17, 15) is 22.4 Å².